The van der Waals surface area contributed by atoms with Crippen LogP contribution in [0.3, 0.4) is 0 Å². The molecule has 0 saturated heterocycles. The first-order valence-electron chi connectivity index (χ1n) is 24.5. The summed E-state index contributed by atoms with van der Waals surface area (Å²) in [5.41, 5.74) is 0. The normalized spacial score (nSPS) is 12.3. The molecule has 6 nitrogen and oxygen atoms in total. The van der Waals surface area contributed by atoms with Crippen molar-refractivity contribution in [2.45, 2.75) is 258 Å². The Kier molecular flexibility index (Phi) is 44.4. The molecule has 0 rings (SSSR count). The third kappa shape index (κ3) is 44.6. The lowest BCUT2D eigenvalue weighted by Crippen LogP contribution is -2.30. The molecule has 0 N–H and O–H groups in total. The van der Waals surface area contributed by atoms with Crippen molar-refractivity contribution < 1.29 is 28.6 Å². The first kappa shape index (κ1) is 54.6. The number of ether oxygens (including phenoxy) is 3. The van der Waals surface area contributed by atoms with Gasteiger partial charge in [0.15, 0.2) is 6.10 Å². The number of hydrogen-bond donors (Lipinski definition) is 0. The first-order chi connectivity index (χ1) is 28.0. The average Bonchev–Trinajstić information content (AvgIpc) is 3.21. The van der Waals surface area contributed by atoms with E-state index in [1.165, 1.54) is 135 Å². The fourth-order valence-electron chi connectivity index (χ4n) is 6.86. The lowest BCUT2D eigenvalue weighted by atomic mass is 10.1. The number of esters is 3. The van der Waals surface area contributed by atoms with Crippen LogP contribution in [-0.4, -0.2) is 37.2 Å². The fraction of sp³-hybridized carbons (Fsp3) is 0.824. The van der Waals surface area contributed by atoms with Crippen LogP contribution in [0, 0.1) is 0 Å². The van der Waals surface area contributed by atoms with Gasteiger partial charge >= 0.3 is 17.9 Å². The number of carbonyl (C=O) groups is 3. The third-order valence-corrected chi connectivity index (χ3v) is 10.6. The van der Waals surface area contributed by atoms with Crippen molar-refractivity contribution in [2.75, 3.05) is 13.2 Å². The van der Waals surface area contributed by atoms with E-state index in [0.29, 0.717) is 19.3 Å². The zero-order valence-electron chi connectivity index (χ0n) is 37.9. The number of unbranched alkanes of at least 4 members (excludes halogenated alkanes) is 27. The van der Waals surface area contributed by atoms with Crippen LogP contribution < -0.4 is 0 Å². The summed E-state index contributed by atoms with van der Waals surface area (Å²) in [5.74, 6) is -0.887. The molecule has 0 aliphatic heterocycles. The second-order valence-electron chi connectivity index (χ2n) is 16.4. The maximum atomic E-state index is 12.7. The van der Waals surface area contributed by atoms with Gasteiger partial charge in [0.05, 0.1) is 0 Å². The van der Waals surface area contributed by atoms with Crippen LogP contribution in [0.5, 0.6) is 0 Å². The van der Waals surface area contributed by atoms with Crippen LogP contribution in [0.2, 0.25) is 0 Å². The predicted octanol–water partition coefficient (Wildman–Crippen LogP) is 15.8. The molecular weight excluding hydrogens is 709 g/mol. The summed E-state index contributed by atoms with van der Waals surface area (Å²) in [6.07, 6.45) is 52.7. The SMILES string of the molecule is CCCC/C=C\CCCCCCCC(=O)O[C@H](COC(=O)CCCCCCCCCCC)COC(=O)CCCCCCCCCCC/C=C\C/C=C\CCCCC. The van der Waals surface area contributed by atoms with E-state index < -0.39 is 6.10 Å². The standard InChI is InChI=1S/C51H92O6/c1-4-7-10-13-16-19-21-22-23-24-25-26-27-28-30-32-35-38-41-44-50(53)56-47-48(46-55-49(52)43-40-37-34-31-18-15-12-9-6-3)57-51(54)45-42-39-36-33-29-20-17-14-11-8-5-2/h14,16-17,19,22-23,48H,4-13,15,18,20-21,24-47H2,1-3H3/b17-14-,19-16-,23-22-/t48-/m1/s1. The van der Waals surface area contributed by atoms with Crippen molar-refractivity contribution >= 4 is 17.9 Å². The molecule has 0 amide bonds. The Morgan fingerprint density at radius 2 is 0.649 bits per heavy atom. The van der Waals surface area contributed by atoms with E-state index in [1.807, 2.05) is 0 Å². The van der Waals surface area contributed by atoms with E-state index in [0.717, 1.165) is 77.0 Å². The van der Waals surface area contributed by atoms with Gasteiger partial charge in [-0.25, -0.2) is 0 Å². The van der Waals surface area contributed by atoms with Crippen LogP contribution in [0.1, 0.15) is 252 Å². The molecule has 0 bridgehead atoms. The topological polar surface area (TPSA) is 78.9 Å². The monoisotopic (exact) mass is 801 g/mol. The zero-order chi connectivity index (χ0) is 41.5. The van der Waals surface area contributed by atoms with Gasteiger partial charge in [0.1, 0.15) is 13.2 Å². The van der Waals surface area contributed by atoms with Gasteiger partial charge in [0.25, 0.3) is 0 Å². The Balaban J connectivity index is 4.27. The maximum absolute atomic E-state index is 12.7. The van der Waals surface area contributed by atoms with E-state index >= 15 is 0 Å². The van der Waals surface area contributed by atoms with Crippen molar-refractivity contribution in [3.05, 3.63) is 36.5 Å². The van der Waals surface area contributed by atoms with Gasteiger partial charge in [0, 0.05) is 19.3 Å². The molecule has 57 heavy (non-hydrogen) atoms. The molecule has 0 aliphatic rings. The van der Waals surface area contributed by atoms with E-state index in [9.17, 15) is 14.4 Å². The number of allylic oxidation sites excluding steroid dienone is 6. The molecule has 0 aliphatic carbocycles. The van der Waals surface area contributed by atoms with Crippen molar-refractivity contribution in [3.63, 3.8) is 0 Å². The van der Waals surface area contributed by atoms with Crippen LogP contribution in [0.4, 0.5) is 0 Å². The summed E-state index contributed by atoms with van der Waals surface area (Å²) < 4.78 is 16.7. The minimum atomic E-state index is -0.772. The van der Waals surface area contributed by atoms with Gasteiger partial charge in [-0.3, -0.25) is 14.4 Å². The quantitative estimate of drug-likeness (QED) is 0.0264. The highest BCUT2D eigenvalue weighted by atomic mass is 16.6. The molecule has 0 saturated carbocycles. The smallest absolute Gasteiger partial charge is 0.306 e. The van der Waals surface area contributed by atoms with Gasteiger partial charge in [0.2, 0.25) is 0 Å². The molecule has 0 aromatic rings. The van der Waals surface area contributed by atoms with Crippen molar-refractivity contribution in [2.24, 2.45) is 0 Å². The van der Waals surface area contributed by atoms with Gasteiger partial charge in [-0.05, 0) is 70.6 Å². The molecule has 0 spiro atoms. The summed E-state index contributed by atoms with van der Waals surface area (Å²) in [4.78, 5) is 37.7. The van der Waals surface area contributed by atoms with E-state index in [1.54, 1.807) is 0 Å². The maximum Gasteiger partial charge on any atom is 0.306 e. The zero-order valence-corrected chi connectivity index (χ0v) is 37.9. The average molecular weight is 801 g/mol. The molecule has 0 heterocycles. The Labute approximate surface area is 353 Å². The van der Waals surface area contributed by atoms with Gasteiger partial charge in [-0.2, -0.15) is 0 Å². The Morgan fingerprint density at radius 3 is 1.07 bits per heavy atom. The molecule has 1 atom stereocenters. The van der Waals surface area contributed by atoms with Crippen LogP contribution in [0.25, 0.3) is 0 Å². The Bertz CT molecular complexity index is 969. The minimum Gasteiger partial charge on any atom is -0.462 e. The minimum absolute atomic E-state index is 0.0748. The number of rotatable bonds is 44. The molecule has 0 aromatic carbocycles. The molecule has 6 heteroatoms. The molecular formula is C51H92O6. The van der Waals surface area contributed by atoms with Crippen molar-refractivity contribution in [1.29, 1.82) is 0 Å². The fourth-order valence-corrected chi connectivity index (χ4v) is 6.86. The summed E-state index contributed by atoms with van der Waals surface area (Å²) in [6.45, 7) is 6.55. The van der Waals surface area contributed by atoms with Crippen molar-refractivity contribution in [1.82, 2.24) is 0 Å². The lowest BCUT2D eigenvalue weighted by Gasteiger charge is -2.18. The van der Waals surface area contributed by atoms with Gasteiger partial charge in [-0.15, -0.1) is 0 Å². The van der Waals surface area contributed by atoms with E-state index in [4.69, 9.17) is 14.2 Å². The van der Waals surface area contributed by atoms with Crippen LogP contribution in [0.15, 0.2) is 36.5 Å². The molecule has 0 aromatic heterocycles. The van der Waals surface area contributed by atoms with E-state index in [2.05, 4.69) is 57.2 Å². The summed E-state index contributed by atoms with van der Waals surface area (Å²) >= 11 is 0. The Hall–Kier alpha value is -2.37. The second-order valence-corrected chi connectivity index (χ2v) is 16.4. The molecule has 332 valence electrons. The largest absolute Gasteiger partial charge is 0.462 e. The highest BCUT2D eigenvalue weighted by molar-refractivity contribution is 5.71. The Morgan fingerprint density at radius 1 is 0.351 bits per heavy atom. The summed E-state index contributed by atoms with van der Waals surface area (Å²) in [5, 5.41) is 0. The highest BCUT2D eigenvalue weighted by Gasteiger charge is 2.19. The van der Waals surface area contributed by atoms with Crippen LogP contribution >= 0.6 is 0 Å². The summed E-state index contributed by atoms with van der Waals surface area (Å²) in [7, 11) is 0. The lowest BCUT2D eigenvalue weighted by molar-refractivity contribution is -0.167. The van der Waals surface area contributed by atoms with Gasteiger partial charge in [-0.1, -0.05) is 198 Å². The second kappa shape index (κ2) is 46.3. The highest BCUT2D eigenvalue weighted by Crippen LogP contribution is 2.15. The van der Waals surface area contributed by atoms with E-state index in [-0.39, 0.29) is 31.1 Å². The van der Waals surface area contributed by atoms with Crippen molar-refractivity contribution in [3.8, 4) is 0 Å². The first-order valence-corrected chi connectivity index (χ1v) is 24.5. The van der Waals surface area contributed by atoms with Gasteiger partial charge < -0.3 is 14.2 Å². The number of hydrogen-bond acceptors (Lipinski definition) is 6. The molecule has 0 radical (unpaired) electrons. The molecule has 0 unspecified atom stereocenters. The summed E-state index contributed by atoms with van der Waals surface area (Å²) in [6, 6.07) is 0. The third-order valence-electron chi connectivity index (χ3n) is 10.6. The molecule has 0 fully saturated rings. The number of carbonyl (C=O) groups excluding carboxylic acids is 3. The predicted molar refractivity (Wildman–Crippen MR) is 242 cm³/mol. The van der Waals surface area contributed by atoms with Crippen LogP contribution in [-0.2, 0) is 28.6 Å².